The highest BCUT2D eigenvalue weighted by Crippen LogP contribution is 2.33. The van der Waals surface area contributed by atoms with Gasteiger partial charge >= 0.3 is 5.97 Å². The average molecular weight is 396 g/mol. The number of hydrogen-bond acceptors (Lipinski definition) is 6. The number of hydrogen-bond donors (Lipinski definition) is 4. The molecule has 0 aliphatic rings. The predicted octanol–water partition coefficient (Wildman–Crippen LogP) is 2.43. The van der Waals surface area contributed by atoms with Crippen LogP contribution in [0.5, 0.6) is 17.2 Å². The van der Waals surface area contributed by atoms with Gasteiger partial charge in [-0.05, 0) is 34.9 Å². The maximum absolute atomic E-state index is 11.7. The van der Waals surface area contributed by atoms with E-state index in [4.69, 9.17) is 5.26 Å². The summed E-state index contributed by atoms with van der Waals surface area (Å²) >= 11 is 0. The first kappa shape index (κ1) is 21.3. The van der Waals surface area contributed by atoms with Gasteiger partial charge in [0.05, 0.1) is 0 Å². The normalized spacial score (nSPS) is 10.2. The molecule has 0 spiro atoms. The Kier molecular flexibility index (Phi) is 7.07. The van der Waals surface area contributed by atoms with Crippen LogP contribution in [0.1, 0.15) is 32.6 Å². The summed E-state index contributed by atoms with van der Waals surface area (Å²) in [6.07, 6.45) is 0.450. The highest BCUT2D eigenvalue weighted by atomic mass is 27.0. The summed E-state index contributed by atoms with van der Waals surface area (Å²) in [6.45, 7) is 0. The molecular weight excluding hydrogens is 375 g/mol. The first-order valence-electron chi connectivity index (χ1n) is 8.24. The summed E-state index contributed by atoms with van der Waals surface area (Å²) in [5.41, 5.74) is 2.06. The minimum atomic E-state index is -1.08. The second-order valence-corrected chi connectivity index (χ2v) is 6.09. The van der Waals surface area contributed by atoms with Crippen LogP contribution < -0.4 is 0 Å². The van der Waals surface area contributed by atoms with E-state index < -0.39 is 5.97 Å². The Balaban J connectivity index is 0.00000280. The summed E-state index contributed by atoms with van der Waals surface area (Å²) in [5.74, 6) is -1.25. The van der Waals surface area contributed by atoms with E-state index in [9.17, 15) is 20.1 Å². The monoisotopic (exact) mass is 396 g/mol. The highest BCUT2D eigenvalue weighted by Gasteiger charge is 2.20. The summed E-state index contributed by atoms with van der Waals surface area (Å²) in [5, 5.41) is 39.4. The van der Waals surface area contributed by atoms with Crippen molar-refractivity contribution in [2.24, 2.45) is 0 Å². The lowest BCUT2D eigenvalue weighted by Gasteiger charge is -2.15. The molecule has 0 saturated heterocycles. The molecule has 0 fully saturated rings. The largest absolute Gasteiger partial charge is 0.508 e. The van der Waals surface area contributed by atoms with Crippen LogP contribution in [0.15, 0.2) is 60.7 Å². The fraction of sp³-hybridized carbons (Fsp3) is 0.0952. The lowest BCUT2D eigenvalue weighted by atomic mass is 9.92. The van der Waals surface area contributed by atoms with Crippen LogP contribution >= 0.6 is 0 Å². The van der Waals surface area contributed by atoms with Gasteiger partial charge in [0.25, 0.3) is 0 Å². The van der Waals surface area contributed by atoms with Crippen LogP contribution in [0.3, 0.4) is 0 Å². The summed E-state index contributed by atoms with van der Waals surface area (Å²) in [7, 11) is 0. The van der Waals surface area contributed by atoms with E-state index in [0.29, 0.717) is 28.7 Å². The van der Waals surface area contributed by atoms with Crippen LogP contribution in [-0.2, 0) is 17.7 Å². The van der Waals surface area contributed by atoms with Gasteiger partial charge in [0.1, 0.15) is 22.8 Å². The molecule has 0 radical (unpaired) electrons. The molecule has 28 heavy (non-hydrogen) atoms. The van der Waals surface area contributed by atoms with E-state index in [-0.39, 0.29) is 46.6 Å². The number of carbonyl (C=O) groups is 1. The topological polar surface area (TPSA) is 107 Å². The smallest absolute Gasteiger partial charge is 0.376 e. The molecule has 0 atom stereocenters. The quantitative estimate of drug-likeness (QED) is 0.300. The Morgan fingerprint density at radius 1 is 0.750 bits per heavy atom. The molecule has 0 aliphatic heterocycles. The van der Waals surface area contributed by atoms with Crippen LogP contribution in [0, 0.1) is 0 Å². The number of rotatable bonds is 5. The number of benzene rings is 3. The van der Waals surface area contributed by atoms with E-state index in [2.05, 4.69) is 4.89 Å². The average Bonchev–Trinajstić information content (AvgIpc) is 2.67. The van der Waals surface area contributed by atoms with Gasteiger partial charge in [0, 0.05) is 18.4 Å². The van der Waals surface area contributed by atoms with Gasteiger partial charge in [-0.15, -0.1) is 0 Å². The van der Waals surface area contributed by atoms with Crippen molar-refractivity contribution in [1.29, 1.82) is 0 Å². The molecule has 7 heteroatoms. The molecule has 0 heterocycles. The van der Waals surface area contributed by atoms with Crippen molar-refractivity contribution in [3.05, 3.63) is 88.5 Å². The minimum absolute atomic E-state index is 0. The number of para-hydroxylation sites is 2. The van der Waals surface area contributed by atoms with Gasteiger partial charge in [0.15, 0.2) is 17.4 Å². The molecule has 6 nitrogen and oxygen atoms in total. The maximum Gasteiger partial charge on any atom is 0.376 e. The molecule has 0 unspecified atom stereocenters. The Hall–Kier alpha value is -2.98. The number of phenols is 3. The third kappa shape index (κ3) is 4.46. The van der Waals surface area contributed by atoms with Crippen molar-refractivity contribution >= 4 is 23.3 Å². The van der Waals surface area contributed by atoms with Crippen molar-refractivity contribution in [2.45, 2.75) is 12.8 Å². The molecule has 0 amide bonds. The van der Waals surface area contributed by atoms with Gasteiger partial charge < -0.3 is 15.3 Å². The third-order valence-electron chi connectivity index (χ3n) is 4.41. The zero-order valence-corrected chi connectivity index (χ0v) is 14.3. The SMILES string of the molecule is O=C(OO)c1ccc(Cc2ccccc2O)c(Cc2ccccc2O)c1O.[AlH3]. The van der Waals surface area contributed by atoms with E-state index in [1.807, 2.05) is 0 Å². The number of phenolic OH excluding ortho intramolecular Hbond substituents is 3. The van der Waals surface area contributed by atoms with Crippen molar-refractivity contribution in [3.63, 3.8) is 0 Å². The van der Waals surface area contributed by atoms with Crippen molar-refractivity contribution in [1.82, 2.24) is 0 Å². The molecule has 3 rings (SSSR count). The fourth-order valence-electron chi connectivity index (χ4n) is 2.97. The minimum Gasteiger partial charge on any atom is -0.508 e. The Bertz CT molecular complexity index is 986. The first-order valence-corrected chi connectivity index (χ1v) is 8.24. The molecule has 4 N–H and O–H groups in total. The predicted molar refractivity (Wildman–Crippen MR) is 108 cm³/mol. The second kappa shape index (κ2) is 9.29. The summed E-state index contributed by atoms with van der Waals surface area (Å²) in [4.78, 5) is 15.4. The van der Waals surface area contributed by atoms with Gasteiger partial charge in [0.2, 0.25) is 0 Å². The van der Waals surface area contributed by atoms with Crippen molar-refractivity contribution < 1.29 is 30.3 Å². The fourth-order valence-corrected chi connectivity index (χ4v) is 2.97. The van der Waals surface area contributed by atoms with Gasteiger partial charge in [-0.25, -0.2) is 4.79 Å². The lowest BCUT2D eigenvalue weighted by Crippen LogP contribution is -2.06. The van der Waals surface area contributed by atoms with Crippen molar-refractivity contribution in [2.75, 3.05) is 0 Å². The molecule has 0 aliphatic carbocycles. The number of aromatic hydroxyl groups is 3. The lowest BCUT2D eigenvalue weighted by molar-refractivity contribution is -0.182. The third-order valence-corrected chi connectivity index (χ3v) is 4.41. The maximum atomic E-state index is 11.7. The molecule has 0 aromatic heterocycles. The molecule has 3 aromatic carbocycles. The van der Waals surface area contributed by atoms with Crippen LogP contribution in [-0.4, -0.2) is 43.9 Å². The highest BCUT2D eigenvalue weighted by molar-refractivity contribution is 5.92. The van der Waals surface area contributed by atoms with Gasteiger partial charge in [-0.3, -0.25) is 4.89 Å². The zero-order valence-electron chi connectivity index (χ0n) is 14.3. The number of carbonyl (C=O) groups excluding carboxylic acids is 1. The summed E-state index contributed by atoms with van der Waals surface area (Å²) < 4.78 is 0. The standard InChI is InChI=1S/C21H18O6.Al.3H/c22-18-7-3-1-5-14(18)11-13-9-10-16(21(25)27-26)20(24)17(13)12-15-6-2-4-8-19(15)23;;;;/h1-10,22-24,26H,11-12H2;;;;. The van der Waals surface area contributed by atoms with Crippen molar-refractivity contribution in [3.8, 4) is 17.2 Å². The first-order chi connectivity index (χ1) is 13.0. The molecule has 144 valence electrons. The van der Waals surface area contributed by atoms with Crippen LogP contribution in [0.25, 0.3) is 0 Å². The Labute approximate surface area is 172 Å². The Morgan fingerprint density at radius 3 is 1.82 bits per heavy atom. The second-order valence-electron chi connectivity index (χ2n) is 6.09. The molecule has 0 saturated carbocycles. The van der Waals surface area contributed by atoms with E-state index in [1.54, 1.807) is 48.5 Å². The molecule has 3 aromatic rings. The molecular formula is C21H21AlO6. The molecule has 0 bridgehead atoms. The summed E-state index contributed by atoms with van der Waals surface area (Å²) in [6, 6.07) is 16.4. The zero-order chi connectivity index (χ0) is 19.4. The van der Waals surface area contributed by atoms with Crippen LogP contribution in [0.2, 0.25) is 0 Å². The van der Waals surface area contributed by atoms with E-state index in [0.717, 1.165) is 0 Å². The van der Waals surface area contributed by atoms with E-state index >= 15 is 0 Å². The Morgan fingerprint density at radius 2 is 1.29 bits per heavy atom. The van der Waals surface area contributed by atoms with E-state index in [1.165, 1.54) is 12.1 Å². The van der Waals surface area contributed by atoms with Crippen LogP contribution in [0.4, 0.5) is 0 Å². The van der Waals surface area contributed by atoms with Gasteiger partial charge in [-0.2, -0.15) is 5.26 Å². The van der Waals surface area contributed by atoms with Gasteiger partial charge in [-0.1, -0.05) is 42.5 Å².